The van der Waals surface area contributed by atoms with Crippen LogP contribution in [0.5, 0.6) is 11.5 Å². The smallest absolute Gasteiger partial charge is 0.257 e. The zero-order valence-corrected chi connectivity index (χ0v) is 17.5. The van der Waals surface area contributed by atoms with E-state index in [0.717, 1.165) is 44.8 Å². The Balaban J connectivity index is 0.00000240. The minimum atomic E-state index is 0. The lowest BCUT2D eigenvalue weighted by Gasteiger charge is -2.39. The molecule has 0 saturated carbocycles. The third-order valence-corrected chi connectivity index (χ3v) is 5.91. The summed E-state index contributed by atoms with van der Waals surface area (Å²) in [6, 6.07) is 17.2. The molecule has 156 valence electrons. The largest absolute Gasteiger partial charge is 0.490 e. The van der Waals surface area contributed by atoms with Crippen LogP contribution in [0.15, 0.2) is 54.6 Å². The molecule has 1 spiro atoms. The molecule has 4 rings (SSSR count). The fraction of sp³-hybridized carbons (Fsp3) is 0.435. The number of amides is 1. The second-order valence-electron chi connectivity index (χ2n) is 7.73. The molecule has 0 aromatic heterocycles. The number of carbonyl (C=O) groups is 1. The lowest BCUT2D eigenvalue weighted by atomic mass is 9.78. The van der Waals surface area contributed by atoms with E-state index in [4.69, 9.17) is 9.47 Å². The molecular weight excluding hydrogens is 388 g/mol. The third-order valence-electron chi connectivity index (χ3n) is 5.91. The summed E-state index contributed by atoms with van der Waals surface area (Å²) in [5, 5.41) is 3.47. The summed E-state index contributed by atoms with van der Waals surface area (Å²) in [5.41, 5.74) is 1.05. The summed E-state index contributed by atoms with van der Waals surface area (Å²) < 4.78 is 11.6. The van der Waals surface area contributed by atoms with Crippen LogP contribution in [0.2, 0.25) is 0 Å². The SMILES string of the molecule is Cl.O=C(c1ccccc1OCCOc1ccccc1)N1CCC2(CCNC2)CC1. The molecule has 1 N–H and O–H groups in total. The first-order valence-electron chi connectivity index (χ1n) is 10.2. The first-order valence-corrected chi connectivity index (χ1v) is 10.2. The van der Waals surface area contributed by atoms with E-state index in [9.17, 15) is 4.79 Å². The summed E-state index contributed by atoms with van der Waals surface area (Å²) in [6.45, 7) is 4.68. The molecular formula is C23H29ClN2O3. The number of halogens is 1. The van der Waals surface area contributed by atoms with Crippen LogP contribution in [0.3, 0.4) is 0 Å². The van der Waals surface area contributed by atoms with Crippen molar-refractivity contribution in [2.45, 2.75) is 19.3 Å². The summed E-state index contributed by atoms with van der Waals surface area (Å²) in [6.07, 6.45) is 3.40. The maximum absolute atomic E-state index is 13.1. The Morgan fingerprint density at radius 2 is 1.62 bits per heavy atom. The molecule has 29 heavy (non-hydrogen) atoms. The van der Waals surface area contributed by atoms with E-state index in [1.807, 2.05) is 59.5 Å². The Labute approximate surface area is 178 Å². The van der Waals surface area contributed by atoms with Crippen molar-refractivity contribution in [3.63, 3.8) is 0 Å². The van der Waals surface area contributed by atoms with Gasteiger partial charge in [-0.25, -0.2) is 0 Å². The van der Waals surface area contributed by atoms with E-state index in [1.165, 1.54) is 6.42 Å². The van der Waals surface area contributed by atoms with Gasteiger partial charge in [0.05, 0.1) is 5.56 Å². The van der Waals surface area contributed by atoms with E-state index in [2.05, 4.69) is 5.32 Å². The lowest BCUT2D eigenvalue weighted by Crippen LogP contribution is -2.44. The number of piperidine rings is 1. The van der Waals surface area contributed by atoms with Crippen molar-refractivity contribution < 1.29 is 14.3 Å². The van der Waals surface area contributed by atoms with Crippen molar-refractivity contribution in [1.29, 1.82) is 0 Å². The predicted molar refractivity (Wildman–Crippen MR) is 116 cm³/mol. The fourth-order valence-corrected chi connectivity index (χ4v) is 4.17. The number of para-hydroxylation sites is 2. The van der Waals surface area contributed by atoms with Gasteiger partial charge in [-0.3, -0.25) is 4.79 Å². The number of ether oxygens (including phenoxy) is 2. The summed E-state index contributed by atoms with van der Waals surface area (Å²) in [7, 11) is 0. The Bertz CT molecular complexity index is 784. The quantitative estimate of drug-likeness (QED) is 0.728. The first-order chi connectivity index (χ1) is 13.8. The number of hydrogen-bond donors (Lipinski definition) is 1. The monoisotopic (exact) mass is 416 g/mol. The second-order valence-corrected chi connectivity index (χ2v) is 7.73. The average molecular weight is 417 g/mol. The minimum Gasteiger partial charge on any atom is -0.490 e. The Morgan fingerprint density at radius 3 is 2.34 bits per heavy atom. The van der Waals surface area contributed by atoms with Gasteiger partial charge < -0.3 is 19.7 Å². The van der Waals surface area contributed by atoms with Gasteiger partial charge >= 0.3 is 0 Å². The van der Waals surface area contributed by atoms with Crippen LogP contribution in [-0.4, -0.2) is 50.2 Å². The molecule has 2 fully saturated rings. The van der Waals surface area contributed by atoms with Gasteiger partial charge in [0.1, 0.15) is 24.7 Å². The summed E-state index contributed by atoms with van der Waals surface area (Å²) in [5.74, 6) is 1.52. The van der Waals surface area contributed by atoms with Crippen molar-refractivity contribution in [3.05, 3.63) is 60.2 Å². The van der Waals surface area contributed by atoms with E-state index in [0.29, 0.717) is 29.9 Å². The molecule has 0 atom stereocenters. The standard InChI is InChI=1S/C23H28N2O3.ClH/c26-22(25-14-11-23(12-15-25)10-13-24-18-23)20-8-4-5-9-21(20)28-17-16-27-19-6-2-1-3-7-19;/h1-9,24H,10-18H2;1H. The fourth-order valence-electron chi connectivity index (χ4n) is 4.17. The molecule has 2 aliphatic rings. The van der Waals surface area contributed by atoms with Gasteiger partial charge in [-0.05, 0) is 55.5 Å². The van der Waals surface area contributed by atoms with Crippen LogP contribution >= 0.6 is 12.4 Å². The number of hydrogen-bond acceptors (Lipinski definition) is 4. The van der Waals surface area contributed by atoms with Crippen molar-refractivity contribution in [3.8, 4) is 11.5 Å². The molecule has 0 radical (unpaired) electrons. The Kier molecular flexibility index (Phi) is 7.40. The van der Waals surface area contributed by atoms with Crippen LogP contribution in [0.25, 0.3) is 0 Å². The van der Waals surface area contributed by atoms with Crippen LogP contribution < -0.4 is 14.8 Å². The topological polar surface area (TPSA) is 50.8 Å². The van der Waals surface area contributed by atoms with Crippen LogP contribution in [0.1, 0.15) is 29.6 Å². The average Bonchev–Trinajstić information content (AvgIpc) is 3.20. The normalized spacial score (nSPS) is 17.6. The Morgan fingerprint density at radius 1 is 0.931 bits per heavy atom. The van der Waals surface area contributed by atoms with Gasteiger partial charge in [0.25, 0.3) is 5.91 Å². The van der Waals surface area contributed by atoms with Crippen molar-refractivity contribution >= 4 is 18.3 Å². The molecule has 1 amide bonds. The zero-order chi connectivity index (χ0) is 19.2. The highest BCUT2D eigenvalue weighted by Crippen LogP contribution is 2.37. The zero-order valence-electron chi connectivity index (χ0n) is 16.6. The molecule has 2 heterocycles. The van der Waals surface area contributed by atoms with Gasteiger partial charge in [0.15, 0.2) is 0 Å². The number of likely N-dealkylation sites (tertiary alicyclic amines) is 1. The molecule has 5 nitrogen and oxygen atoms in total. The molecule has 2 aromatic carbocycles. The van der Waals surface area contributed by atoms with Gasteiger partial charge in [0.2, 0.25) is 0 Å². The van der Waals surface area contributed by atoms with E-state index in [1.54, 1.807) is 0 Å². The van der Waals surface area contributed by atoms with Crippen LogP contribution in [0, 0.1) is 5.41 Å². The van der Waals surface area contributed by atoms with Crippen LogP contribution in [-0.2, 0) is 0 Å². The number of carbonyl (C=O) groups excluding carboxylic acids is 1. The maximum Gasteiger partial charge on any atom is 0.257 e. The highest BCUT2D eigenvalue weighted by Gasteiger charge is 2.38. The molecule has 6 heteroatoms. The number of rotatable bonds is 6. The number of nitrogens with zero attached hydrogens (tertiary/aromatic N) is 1. The summed E-state index contributed by atoms with van der Waals surface area (Å²) in [4.78, 5) is 15.1. The maximum atomic E-state index is 13.1. The van der Waals surface area contributed by atoms with Crippen molar-refractivity contribution in [1.82, 2.24) is 10.2 Å². The predicted octanol–water partition coefficient (Wildman–Crippen LogP) is 3.78. The highest BCUT2D eigenvalue weighted by atomic mass is 35.5. The van der Waals surface area contributed by atoms with Gasteiger partial charge in [-0.1, -0.05) is 30.3 Å². The van der Waals surface area contributed by atoms with Gasteiger partial charge in [-0.15, -0.1) is 12.4 Å². The highest BCUT2D eigenvalue weighted by molar-refractivity contribution is 5.97. The van der Waals surface area contributed by atoms with E-state index in [-0.39, 0.29) is 18.3 Å². The molecule has 2 saturated heterocycles. The molecule has 2 aliphatic heterocycles. The Hall–Kier alpha value is -2.24. The van der Waals surface area contributed by atoms with Crippen molar-refractivity contribution in [2.75, 3.05) is 39.4 Å². The lowest BCUT2D eigenvalue weighted by molar-refractivity contribution is 0.0603. The van der Waals surface area contributed by atoms with E-state index < -0.39 is 0 Å². The molecule has 0 bridgehead atoms. The van der Waals surface area contributed by atoms with Gasteiger partial charge in [-0.2, -0.15) is 0 Å². The molecule has 0 aliphatic carbocycles. The molecule has 2 aromatic rings. The number of nitrogens with one attached hydrogen (secondary N) is 1. The first kappa shape index (κ1) is 21.5. The number of benzene rings is 2. The minimum absolute atomic E-state index is 0. The van der Waals surface area contributed by atoms with E-state index >= 15 is 0 Å². The van der Waals surface area contributed by atoms with Crippen LogP contribution in [0.4, 0.5) is 0 Å². The second kappa shape index (κ2) is 9.99. The molecule has 0 unspecified atom stereocenters. The third kappa shape index (κ3) is 5.22. The summed E-state index contributed by atoms with van der Waals surface area (Å²) >= 11 is 0. The van der Waals surface area contributed by atoms with Crippen molar-refractivity contribution in [2.24, 2.45) is 5.41 Å². The van der Waals surface area contributed by atoms with Gasteiger partial charge in [0, 0.05) is 19.6 Å².